The van der Waals surface area contributed by atoms with Gasteiger partial charge in [-0.05, 0) is 30.0 Å². The highest BCUT2D eigenvalue weighted by Gasteiger charge is 2.51. The van der Waals surface area contributed by atoms with Crippen LogP contribution >= 0.6 is 23.2 Å². The fraction of sp³-hybridized carbons (Fsp3) is 0.455. The molecule has 0 amide bonds. The van der Waals surface area contributed by atoms with E-state index in [1.807, 2.05) is 12.1 Å². The van der Waals surface area contributed by atoms with Crippen molar-refractivity contribution in [2.24, 2.45) is 11.7 Å². The van der Waals surface area contributed by atoms with E-state index in [0.717, 1.165) is 17.0 Å². The van der Waals surface area contributed by atoms with Gasteiger partial charge < -0.3 is 5.73 Å². The van der Waals surface area contributed by atoms with Crippen LogP contribution in [0.4, 0.5) is 0 Å². The van der Waals surface area contributed by atoms with Gasteiger partial charge in [0.05, 0.1) is 0 Å². The van der Waals surface area contributed by atoms with Crippen molar-refractivity contribution in [3.8, 4) is 0 Å². The van der Waals surface area contributed by atoms with Crippen molar-refractivity contribution >= 4 is 23.2 Å². The first-order chi connectivity index (χ1) is 6.60. The van der Waals surface area contributed by atoms with Gasteiger partial charge in [-0.15, -0.1) is 0 Å². The van der Waals surface area contributed by atoms with Crippen molar-refractivity contribution in [2.45, 2.75) is 18.8 Å². The maximum Gasteiger partial charge on any atom is 0.0459 e. The van der Waals surface area contributed by atoms with Crippen LogP contribution in [0.1, 0.15) is 18.9 Å². The molecule has 1 aromatic carbocycles. The highest BCUT2D eigenvalue weighted by Crippen LogP contribution is 2.55. The molecule has 0 aromatic heterocycles. The van der Waals surface area contributed by atoms with Crippen LogP contribution in [0.15, 0.2) is 18.2 Å². The second kappa shape index (κ2) is 3.41. The van der Waals surface area contributed by atoms with Crippen LogP contribution in [-0.2, 0) is 5.41 Å². The molecule has 2 N–H and O–H groups in total. The average Bonchev–Trinajstić information content (AvgIpc) is 2.78. The maximum atomic E-state index is 6.16. The van der Waals surface area contributed by atoms with Crippen molar-refractivity contribution in [2.75, 3.05) is 6.54 Å². The lowest BCUT2D eigenvalue weighted by Crippen LogP contribution is -2.22. The lowest BCUT2D eigenvalue weighted by molar-refractivity contribution is 0.642. The Morgan fingerprint density at radius 3 is 2.57 bits per heavy atom. The Balaban J connectivity index is 2.42. The minimum atomic E-state index is 0.113. The van der Waals surface area contributed by atoms with Gasteiger partial charge in [0.15, 0.2) is 0 Å². The number of hydrogen-bond acceptors (Lipinski definition) is 1. The first-order valence-corrected chi connectivity index (χ1v) is 5.51. The van der Waals surface area contributed by atoms with Gasteiger partial charge in [0.2, 0.25) is 0 Å². The number of hydrogen-bond donors (Lipinski definition) is 1. The molecule has 0 saturated heterocycles. The molecule has 0 spiro atoms. The summed E-state index contributed by atoms with van der Waals surface area (Å²) in [6.45, 7) is 2.87. The minimum Gasteiger partial charge on any atom is -0.330 e. The molecule has 0 bridgehead atoms. The Hall–Kier alpha value is -0.240. The molecular weight excluding hydrogens is 217 g/mol. The normalized spacial score (nSPS) is 30.4. The van der Waals surface area contributed by atoms with E-state index in [0.29, 0.717) is 17.5 Å². The first-order valence-electron chi connectivity index (χ1n) is 4.76. The van der Waals surface area contributed by atoms with Crippen molar-refractivity contribution in [1.29, 1.82) is 0 Å². The number of nitrogens with two attached hydrogens (primary N) is 1. The van der Waals surface area contributed by atoms with Gasteiger partial charge in [0.25, 0.3) is 0 Å². The van der Waals surface area contributed by atoms with Gasteiger partial charge in [0, 0.05) is 22.0 Å². The summed E-state index contributed by atoms with van der Waals surface area (Å²) in [5.74, 6) is 0.631. The average molecular weight is 230 g/mol. The SMILES string of the molecule is CC1CC1(CN)c1ccc(Cl)cc1Cl. The van der Waals surface area contributed by atoms with Gasteiger partial charge in [-0.2, -0.15) is 0 Å². The van der Waals surface area contributed by atoms with E-state index >= 15 is 0 Å². The van der Waals surface area contributed by atoms with Crippen molar-refractivity contribution in [3.05, 3.63) is 33.8 Å². The molecule has 2 unspecified atom stereocenters. The van der Waals surface area contributed by atoms with Crippen LogP contribution in [0.2, 0.25) is 10.0 Å². The van der Waals surface area contributed by atoms with Crippen LogP contribution in [0.25, 0.3) is 0 Å². The van der Waals surface area contributed by atoms with Gasteiger partial charge in [-0.1, -0.05) is 36.2 Å². The van der Waals surface area contributed by atoms with Crippen molar-refractivity contribution in [3.63, 3.8) is 0 Å². The fourth-order valence-electron chi connectivity index (χ4n) is 2.15. The summed E-state index contributed by atoms with van der Waals surface area (Å²) in [4.78, 5) is 0. The largest absolute Gasteiger partial charge is 0.330 e. The Labute approximate surface area is 94.2 Å². The van der Waals surface area contributed by atoms with Crippen LogP contribution in [0, 0.1) is 5.92 Å². The van der Waals surface area contributed by atoms with Crippen molar-refractivity contribution < 1.29 is 0 Å². The van der Waals surface area contributed by atoms with Crippen LogP contribution in [0.3, 0.4) is 0 Å². The summed E-state index contributed by atoms with van der Waals surface area (Å²) in [5.41, 5.74) is 7.07. The Morgan fingerprint density at radius 1 is 1.50 bits per heavy atom. The van der Waals surface area contributed by atoms with Crippen molar-refractivity contribution in [1.82, 2.24) is 0 Å². The smallest absolute Gasteiger partial charge is 0.0459 e. The standard InChI is InChI=1S/C11H13Cl2N/c1-7-5-11(7,6-14)9-3-2-8(12)4-10(9)13/h2-4,7H,5-6,14H2,1H3. The Bertz CT molecular complexity index is 360. The molecule has 3 heteroatoms. The predicted molar refractivity (Wildman–Crippen MR) is 61.0 cm³/mol. The molecule has 2 atom stereocenters. The molecule has 1 aromatic rings. The molecule has 1 aliphatic rings. The van der Waals surface area contributed by atoms with Gasteiger partial charge in [0.1, 0.15) is 0 Å². The molecule has 2 rings (SSSR count). The van der Waals surface area contributed by atoms with Crippen LogP contribution in [-0.4, -0.2) is 6.54 Å². The quantitative estimate of drug-likeness (QED) is 0.829. The Morgan fingerprint density at radius 2 is 2.14 bits per heavy atom. The third-order valence-electron chi connectivity index (χ3n) is 3.29. The number of halogens is 2. The van der Waals surface area contributed by atoms with E-state index in [9.17, 15) is 0 Å². The minimum absolute atomic E-state index is 0.113. The van der Waals surface area contributed by atoms with E-state index in [-0.39, 0.29) is 5.41 Å². The third kappa shape index (κ3) is 1.44. The summed E-state index contributed by atoms with van der Waals surface area (Å²) < 4.78 is 0. The zero-order valence-electron chi connectivity index (χ0n) is 8.06. The topological polar surface area (TPSA) is 26.0 Å². The predicted octanol–water partition coefficient (Wildman–Crippen LogP) is 3.23. The molecule has 1 nitrogen and oxygen atoms in total. The molecule has 1 aliphatic carbocycles. The highest BCUT2D eigenvalue weighted by molar-refractivity contribution is 6.35. The summed E-state index contributed by atoms with van der Waals surface area (Å²) >= 11 is 12.0. The zero-order valence-corrected chi connectivity index (χ0v) is 9.57. The van der Waals surface area contributed by atoms with Crippen LogP contribution in [0.5, 0.6) is 0 Å². The summed E-state index contributed by atoms with van der Waals surface area (Å²) in [6, 6.07) is 5.67. The zero-order chi connectivity index (χ0) is 10.3. The molecular formula is C11H13Cl2N. The molecule has 0 radical (unpaired) electrons. The number of rotatable bonds is 2. The van der Waals surface area contributed by atoms with E-state index in [1.165, 1.54) is 0 Å². The number of benzene rings is 1. The van der Waals surface area contributed by atoms with E-state index in [1.54, 1.807) is 6.07 Å². The summed E-state index contributed by atoms with van der Waals surface area (Å²) in [7, 11) is 0. The molecule has 0 heterocycles. The fourth-order valence-corrected chi connectivity index (χ4v) is 2.75. The van der Waals surface area contributed by atoms with E-state index < -0.39 is 0 Å². The monoisotopic (exact) mass is 229 g/mol. The summed E-state index contributed by atoms with van der Waals surface area (Å²) in [5, 5.41) is 1.42. The molecule has 1 fully saturated rings. The van der Waals surface area contributed by atoms with Gasteiger partial charge >= 0.3 is 0 Å². The first kappa shape index (κ1) is 10.3. The van der Waals surface area contributed by atoms with Crippen LogP contribution < -0.4 is 5.73 Å². The second-order valence-corrected chi connectivity index (χ2v) is 4.93. The second-order valence-electron chi connectivity index (χ2n) is 4.09. The molecule has 76 valence electrons. The maximum absolute atomic E-state index is 6.16. The Kier molecular flexibility index (Phi) is 2.50. The third-order valence-corrected chi connectivity index (χ3v) is 3.83. The molecule has 0 aliphatic heterocycles. The highest BCUT2D eigenvalue weighted by atomic mass is 35.5. The van der Waals surface area contributed by atoms with E-state index in [4.69, 9.17) is 28.9 Å². The van der Waals surface area contributed by atoms with E-state index in [2.05, 4.69) is 6.92 Å². The van der Waals surface area contributed by atoms with Gasteiger partial charge in [-0.25, -0.2) is 0 Å². The van der Waals surface area contributed by atoms with Gasteiger partial charge in [-0.3, -0.25) is 0 Å². The molecule has 1 saturated carbocycles. The summed E-state index contributed by atoms with van der Waals surface area (Å²) in [6.07, 6.45) is 1.13. The molecule has 14 heavy (non-hydrogen) atoms. The lowest BCUT2D eigenvalue weighted by Gasteiger charge is -2.16. The lowest BCUT2D eigenvalue weighted by atomic mass is 9.94.